The number of hydrogen-bond acceptors (Lipinski definition) is 4. The average Bonchev–Trinajstić information content (AvgIpc) is 2.79. The lowest BCUT2D eigenvalue weighted by molar-refractivity contribution is -0.118. The minimum absolute atomic E-state index is 0.151. The fourth-order valence-electron chi connectivity index (χ4n) is 3.76. The molecule has 1 fully saturated rings. The first-order chi connectivity index (χ1) is 15.1. The van der Waals surface area contributed by atoms with E-state index >= 15 is 0 Å². The van der Waals surface area contributed by atoms with Crippen LogP contribution in [0.5, 0.6) is 0 Å². The number of hydrogen-bond donors (Lipinski definition) is 1. The summed E-state index contributed by atoms with van der Waals surface area (Å²) in [6.45, 7) is 6.44. The Morgan fingerprint density at radius 3 is 2.25 bits per heavy atom. The number of nitrogens with one attached hydrogen (secondary N) is 1. The molecule has 170 valence electrons. The molecule has 2 aromatic rings. The Morgan fingerprint density at radius 2 is 1.69 bits per heavy atom. The van der Waals surface area contributed by atoms with E-state index in [4.69, 9.17) is 0 Å². The van der Waals surface area contributed by atoms with Crippen LogP contribution in [0.4, 0.5) is 0 Å². The van der Waals surface area contributed by atoms with E-state index in [2.05, 4.69) is 11.9 Å². The molecule has 0 aliphatic carbocycles. The van der Waals surface area contributed by atoms with Gasteiger partial charge in [0.05, 0.1) is 4.90 Å². The zero-order valence-electron chi connectivity index (χ0n) is 18.5. The third kappa shape index (κ3) is 5.44. The minimum Gasteiger partial charge on any atom is -0.347 e. The summed E-state index contributed by atoms with van der Waals surface area (Å²) in [5.74, 6) is -0.439. The van der Waals surface area contributed by atoms with Crippen LogP contribution in [0.1, 0.15) is 35.7 Å². The Morgan fingerprint density at radius 1 is 1.09 bits per heavy atom. The van der Waals surface area contributed by atoms with E-state index in [1.807, 2.05) is 37.3 Å². The molecule has 7 nitrogen and oxygen atoms in total. The van der Waals surface area contributed by atoms with Crippen molar-refractivity contribution in [1.82, 2.24) is 14.5 Å². The number of piperidine rings is 1. The van der Waals surface area contributed by atoms with Crippen LogP contribution < -0.4 is 5.32 Å². The number of sulfonamides is 1. The number of rotatable bonds is 7. The molecule has 0 saturated carbocycles. The standard InChI is InChI=1S/C24H29N3O4S/c1-4-22(28)25-24(2)14-16-27(17-15-24)32(30,31)21-12-10-20(11-13-21)23(29)26(3)18-19-8-6-5-7-9-19/h4-13H,1,14-18H2,2-3H3,(H,25,28). The number of amides is 2. The summed E-state index contributed by atoms with van der Waals surface area (Å²) in [7, 11) is -1.96. The molecule has 0 bridgehead atoms. The molecular formula is C24H29N3O4S. The van der Waals surface area contributed by atoms with Crippen molar-refractivity contribution in [2.45, 2.75) is 36.7 Å². The first-order valence-corrected chi connectivity index (χ1v) is 11.9. The first-order valence-electron chi connectivity index (χ1n) is 10.5. The maximum Gasteiger partial charge on any atom is 0.253 e. The van der Waals surface area contributed by atoms with Crippen molar-refractivity contribution in [3.05, 3.63) is 78.4 Å². The van der Waals surface area contributed by atoms with Gasteiger partial charge < -0.3 is 10.2 Å². The van der Waals surface area contributed by atoms with Crippen LogP contribution in [-0.4, -0.2) is 55.1 Å². The van der Waals surface area contributed by atoms with Crippen LogP contribution in [-0.2, 0) is 21.4 Å². The van der Waals surface area contributed by atoms with Gasteiger partial charge in [-0.1, -0.05) is 36.9 Å². The van der Waals surface area contributed by atoms with Gasteiger partial charge in [0.1, 0.15) is 0 Å². The zero-order chi connectivity index (χ0) is 23.4. The van der Waals surface area contributed by atoms with Crippen molar-refractivity contribution >= 4 is 21.8 Å². The highest BCUT2D eigenvalue weighted by molar-refractivity contribution is 7.89. The van der Waals surface area contributed by atoms with Crippen molar-refractivity contribution < 1.29 is 18.0 Å². The van der Waals surface area contributed by atoms with Gasteiger partial charge in [-0.25, -0.2) is 8.42 Å². The number of carbonyl (C=O) groups is 2. The highest BCUT2D eigenvalue weighted by Gasteiger charge is 2.36. The molecule has 0 atom stereocenters. The molecule has 3 rings (SSSR count). The van der Waals surface area contributed by atoms with E-state index in [9.17, 15) is 18.0 Å². The van der Waals surface area contributed by atoms with Crippen molar-refractivity contribution in [3.63, 3.8) is 0 Å². The van der Waals surface area contributed by atoms with Crippen molar-refractivity contribution in [2.24, 2.45) is 0 Å². The fraction of sp³-hybridized carbons (Fsp3) is 0.333. The lowest BCUT2D eigenvalue weighted by Gasteiger charge is -2.39. The Balaban J connectivity index is 1.65. The molecule has 1 heterocycles. The van der Waals surface area contributed by atoms with Crippen LogP contribution in [0.25, 0.3) is 0 Å². The second-order valence-electron chi connectivity index (χ2n) is 8.33. The van der Waals surface area contributed by atoms with Crippen LogP contribution in [0.3, 0.4) is 0 Å². The third-order valence-corrected chi connectivity index (χ3v) is 7.70. The van der Waals surface area contributed by atoms with Crippen LogP contribution >= 0.6 is 0 Å². The molecule has 1 aliphatic rings. The van der Waals surface area contributed by atoms with Gasteiger partial charge in [-0.3, -0.25) is 9.59 Å². The largest absolute Gasteiger partial charge is 0.347 e. The fourth-order valence-corrected chi connectivity index (χ4v) is 5.20. The Bertz CT molecular complexity index is 1070. The van der Waals surface area contributed by atoms with E-state index in [0.29, 0.717) is 38.0 Å². The number of benzene rings is 2. The molecule has 1 N–H and O–H groups in total. The van der Waals surface area contributed by atoms with Gasteiger partial charge in [-0.15, -0.1) is 0 Å². The molecule has 2 amide bonds. The number of nitrogens with zero attached hydrogens (tertiary/aromatic N) is 2. The molecule has 32 heavy (non-hydrogen) atoms. The summed E-state index contributed by atoms with van der Waals surface area (Å²) in [6.07, 6.45) is 2.23. The predicted octanol–water partition coefficient (Wildman–Crippen LogP) is 2.80. The lowest BCUT2D eigenvalue weighted by atomic mass is 9.90. The van der Waals surface area contributed by atoms with Crippen LogP contribution in [0.2, 0.25) is 0 Å². The van der Waals surface area contributed by atoms with E-state index < -0.39 is 15.6 Å². The summed E-state index contributed by atoms with van der Waals surface area (Å²) in [5.41, 5.74) is 0.987. The highest BCUT2D eigenvalue weighted by atomic mass is 32.2. The maximum absolute atomic E-state index is 13.1. The molecular weight excluding hydrogens is 426 g/mol. The predicted molar refractivity (Wildman–Crippen MR) is 123 cm³/mol. The van der Waals surface area contributed by atoms with Gasteiger partial charge >= 0.3 is 0 Å². The molecule has 0 unspecified atom stereocenters. The second kappa shape index (κ2) is 9.67. The molecule has 1 aliphatic heterocycles. The number of carbonyl (C=O) groups excluding carboxylic acids is 2. The molecule has 1 saturated heterocycles. The molecule has 0 spiro atoms. The van der Waals surface area contributed by atoms with Crippen molar-refractivity contribution in [1.29, 1.82) is 0 Å². The molecule has 0 radical (unpaired) electrons. The summed E-state index contributed by atoms with van der Waals surface area (Å²) in [4.78, 5) is 26.1. The maximum atomic E-state index is 13.1. The summed E-state index contributed by atoms with van der Waals surface area (Å²) in [5, 5.41) is 2.88. The molecule has 2 aromatic carbocycles. The van der Waals surface area contributed by atoms with Gasteiger partial charge in [0, 0.05) is 37.8 Å². The Kier molecular flexibility index (Phi) is 7.16. The van der Waals surface area contributed by atoms with Crippen molar-refractivity contribution in [2.75, 3.05) is 20.1 Å². The highest BCUT2D eigenvalue weighted by Crippen LogP contribution is 2.27. The SMILES string of the molecule is C=CC(=O)NC1(C)CCN(S(=O)(=O)c2ccc(C(=O)N(C)Cc3ccccc3)cc2)CC1. The first kappa shape index (κ1) is 23.7. The molecule has 0 aromatic heterocycles. The summed E-state index contributed by atoms with van der Waals surface area (Å²) < 4.78 is 27.5. The zero-order valence-corrected chi connectivity index (χ0v) is 19.3. The second-order valence-corrected chi connectivity index (χ2v) is 10.3. The van der Waals surface area contributed by atoms with Gasteiger partial charge in [0.25, 0.3) is 5.91 Å². The topological polar surface area (TPSA) is 86.8 Å². The Labute approximate surface area is 189 Å². The van der Waals surface area contributed by atoms with E-state index in [-0.39, 0.29) is 16.7 Å². The Hall–Kier alpha value is -2.97. The quantitative estimate of drug-likeness (QED) is 0.651. The van der Waals surface area contributed by atoms with Gasteiger partial charge in [-0.2, -0.15) is 4.31 Å². The lowest BCUT2D eigenvalue weighted by Crippen LogP contribution is -2.53. The van der Waals surface area contributed by atoms with E-state index in [1.54, 1.807) is 24.1 Å². The van der Waals surface area contributed by atoms with Crippen molar-refractivity contribution in [3.8, 4) is 0 Å². The van der Waals surface area contributed by atoms with E-state index in [1.165, 1.54) is 22.5 Å². The van der Waals surface area contributed by atoms with Gasteiger partial charge in [0.2, 0.25) is 15.9 Å². The monoisotopic (exact) mass is 455 g/mol. The summed E-state index contributed by atoms with van der Waals surface area (Å²) >= 11 is 0. The smallest absolute Gasteiger partial charge is 0.253 e. The average molecular weight is 456 g/mol. The minimum atomic E-state index is -3.68. The van der Waals surface area contributed by atoms with E-state index in [0.717, 1.165) is 5.56 Å². The van der Waals surface area contributed by atoms with Crippen LogP contribution in [0, 0.1) is 0 Å². The van der Waals surface area contributed by atoms with Gasteiger partial charge in [-0.05, 0) is 55.7 Å². The molecule has 8 heteroatoms. The van der Waals surface area contributed by atoms with Gasteiger partial charge in [0.15, 0.2) is 0 Å². The summed E-state index contributed by atoms with van der Waals surface area (Å²) in [6, 6.07) is 15.7. The van der Waals surface area contributed by atoms with Crippen LogP contribution in [0.15, 0.2) is 72.1 Å². The normalized spacial score (nSPS) is 16.2. The third-order valence-electron chi connectivity index (χ3n) is 5.78.